The van der Waals surface area contributed by atoms with Crippen molar-refractivity contribution in [3.05, 3.63) is 90.0 Å². The van der Waals surface area contributed by atoms with E-state index in [1.54, 1.807) is 37.3 Å². The summed E-state index contributed by atoms with van der Waals surface area (Å²) >= 11 is 3.39. The predicted octanol–water partition coefficient (Wildman–Crippen LogP) is 3.42. The molecule has 0 unspecified atom stereocenters. The van der Waals surface area contributed by atoms with Crippen LogP contribution in [0.4, 0.5) is 5.69 Å². The molecule has 3 aromatic rings. The largest absolute Gasteiger partial charge is 0.494 e. The molecule has 2 aromatic carbocycles. The summed E-state index contributed by atoms with van der Waals surface area (Å²) in [6, 6.07) is 12.3. The maximum Gasteiger partial charge on any atom is 0.335 e. The number of H-pyrrole nitrogens is 1. The van der Waals surface area contributed by atoms with E-state index in [4.69, 9.17) is 0 Å². The van der Waals surface area contributed by atoms with Crippen LogP contribution in [0.5, 0.6) is 5.88 Å². The summed E-state index contributed by atoms with van der Waals surface area (Å²) < 4.78 is 1.82. The number of aromatic nitrogens is 2. The number of carbonyl (C=O) groups excluding carboxylic acids is 1. The van der Waals surface area contributed by atoms with Crippen LogP contribution >= 0.6 is 15.9 Å². The maximum atomic E-state index is 13.0. The third-order valence-electron chi connectivity index (χ3n) is 5.15. The predicted molar refractivity (Wildman–Crippen MR) is 127 cm³/mol. The maximum absolute atomic E-state index is 13.0. The summed E-state index contributed by atoms with van der Waals surface area (Å²) in [4.78, 5) is 40.2. The van der Waals surface area contributed by atoms with E-state index >= 15 is 0 Å². The van der Waals surface area contributed by atoms with E-state index in [-0.39, 0.29) is 11.1 Å². The molecular weight excluding hydrogens is 476 g/mol. The topological polar surface area (TPSA) is 108 Å². The highest BCUT2D eigenvalue weighted by atomic mass is 79.9. The number of nitrogens with one attached hydrogen (secondary N) is 1. The van der Waals surface area contributed by atoms with Gasteiger partial charge in [0.05, 0.1) is 22.7 Å². The van der Waals surface area contributed by atoms with E-state index in [9.17, 15) is 19.5 Å². The van der Waals surface area contributed by atoms with Crippen LogP contribution in [0.25, 0.3) is 11.8 Å². The molecule has 0 atom stereocenters. The number of halogens is 1. The van der Waals surface area contributed by atoms with Gasteiger partial charge in [0.25, 0.3) is 11.5 Å². The third kappa shape index (κ3) is 3.71. The Hall–Kier alpha value is -3.72. The molecular formula is C23H19BrN4O4. The summed E-state index contributed by atoms with van der Waals surface area (Å²) in [5, 5.41) is 16.4. The van der Waals surface area contributed by atoms with Crippen LogP contribution in [0.1, 0.15) is 23.6 Å². The van der Waals surface area contributed by atoms with Crippen molar-refractivity contribution in [1.29, 1.82) is 0 Å². The number of amides is 1. The highest BCUT2D eigenvalue weighted by Gasteiger charge is 2.29. The monoisotopic (exact) mass is 494 g/mol. The average Bonchev–Trinajstić information content (AvgIpc) is 3.02. The van der Waals surface area contributed by atoms with E-state index in [1.807, 2.05) is 26.0 Å². The zero-order chi connectivity index (χ0) is 23.2. The van der Waals surface area contributed by atoms with Crippen LogP contribution in [-0.2, 0) is 4.79 Å². The smallest absolute Gasteiger partial charge is 0.335 e. The number of aromatic amines is 1. The molecule has 0 saturated heterocycles. The number of anilines is 1. The Morgan fingerprint density at radius 2 is 1.66 bits per heavy atom. The van der Waals surface area contributed by atoms with Crippen LogP contribution in [0.2, 0.25) is 0 Å². The van der Waals surface area contributed by atoms with Crippen molar-refractivity contribution in [3.8, 4) is 11.6 Å². The average molecular weight is 495 g/mol. The molecule has 9 heteroatoms. The fraction of sp³-hybridized carbons (Fsp3) is 0.130. The summed E-state index contributed by atoms with van der Waals surface area (Å²) in [6.45, 7) is 5.41. The molecule has 0 saturated carbocycles. The van der Waals surface area contributed by atoms with Crippen LogP contribution in [0.3, 0.4) is 0 Å². The number of hydrogen-bond donors (Lipinski definition) is 2. The number of hydrogen-bond acceptors (Lipinski definition) is 5. The number of benzene rings is 2. The van der Waals surface area contributed by atoms with Gasteiger partial charge in [-0.15, -0.1) is 0 Å². The Labute approximate surface area is 191 Å². The Bertz CT molecular complexity index is 1430. The van der Waals surface area contributed by atoms with Gasteiger partial charge in [0.1, 0.15) is 5.56 Å². The van der Waals surface area contributed by atoms with Gasteiger partial charge in [0, 0.05) is 4.47 Å². The first-order valence-corrected chi connectivity index (χ1v) is 10.5. The lowest BCUT2D eigenvalue weighted by Gasteiger charge is -2.12. The molecule has 0 aliphatic carbocycles. The van der Waals surface area contributed by atoms with E-state index in [0.717, 1.165) is 20.2 Å². The minimum absolute atomic E-state index is 0.142. The van der Waals surface area contributed by atoms with Crippen LogP contribution in [0, 0.1) is 13.8 Å². The van der Waals surface area contributed by atoms with E-state index < -0.39 is 23.0 Å². The third-order valence-corrected chi connectivity index (χ3v) is 6.04. The van der Waals surface area contributed by atoms with Crippen molar-refractivity contribution in [1.82, 2.24) is 9.55 Å². The van der Waals surface area contributed by atoms with Gasteiger partial charge in [0.15, 0.2) is 0 Å². The van der Waals surface area contributed by atoms with Gasteiger partial charge >= 0.3 is 5.69 Å². The normalized spacial score (nSPS) is 14.9. The number of carbonyl (C=O) groups is 1. The van der Waals surface area contributed by atoms with Crippen molar-refractivity contribution in [2.24, 2.45) is 5.10 Å². The molecule has 2 heterocycles. The molecule has 1 aliphatic rings. The zero-order valence-electron chi connectivity index (χ0n) is 17.5. The molecule has 8 nitrogen and oxygen atoms in total. The van der Waals surface area contributed by atoms with Crippen molar-refractivity contribution in [3.63, 3.8) is 0 Å². The second kappa shape index (κ2) is 8.08. The number of rotatable bonds is 3. The first-order chi connectivity index (χ1) is 15.2. The minimum Gasteiger partial charge on any atom is -0.494 e. The molecule has 1 aliphatic heterocycles. The van der Waals surface area contributed by atoms with Crippen molar-refractivity contribution in [2.45, 2.75) is 20.8 Å². The standard InChI is InChI=1S/C23H19BrN4O4/c1-12-4-6-15(7-5-12)28-22(31)17(14(3)26-28)11-18-20(29)25-23(32)27(21(18)30)16-8-9-19(24)13(2)10-16/h4-11,30H,1-3H3,(H,25,29,32). The van der Waals surface area contributed by atoms with Gasteiger partial charge in [-0.1, -0.05) is 33.6 Å². The molecule has 0 radical (unpaired) electrons. The first kappa shape index (κ1) is 21.5. The second-order valence-electron chi connectivity index (χ2n) is 7.46. The van der Waals surface area contributed by atoms with Gasteiger partial charge < -0.3 is 5.11 Å². The minimum atomic E-state index is -0.806. The highest BCUT2D eigenvalue weighted by molar-refractivity contribution is 9.10. The quantitative estimate of drug-likeness (QED) is 0.543. The van der Waals surface area contributed by atoms with Crippen molar-refractivity contribution < 1.29 is 9.90 Å². The van der Waals surface area contributed by atoms with Gasteiger partial charge in [-0.2, -0.15) is 10.1 Å². The molecule has 1 amide bonds. The number of hydrazone groups is 1. The van der Waals surface area contributed by atoms with E-state index in [0.29, 0.717) is 17.1 Å². The lowest BCUT2D eigenvalue weighted by atomic mass is 10.1. The number of nitrogens with zero attached hydrogens (tertiary/aromatic N) is 3. The molecule has 2 N–H and O–H groups in total. The molecule has 4 rings (SSSR count). The fourth-order valence-electron chi connectivity index (χ4n) is 3.37. The molecule has 162 valence electrons. The number of aromatic hydroxyl groups is 1. The second-order valence-corrected chi connectivity index (χ2v) is 8.32. The lowest BCUT2D eigenvalue weighted by molar-refractivity contribution is -0.114. The van der Waals surface area contributed by atoms with Gasteiger partial charge in [-0.3, -0.25) is 14.6 Å². The zero-order valence-corrected chi connectivity index (χ0v) is 19.1. The molecule has 0 spiro atoms. The Morgan fingerprint density at radius 3 is 2.31 bits per heavy atom. The van der Waals surface area contributed by atoms with Crippen molar-refractivity contribution >= 4 is 39.3 Å². The van der Waals surface area contributed by atoms with E-state index in [2.05, 4.69) is 26.0 Å². The van der Waals surface area contributed by atoms with Crippen LogP contribution < -0.4 is 16.3 Å². The Morgan fingerprint density at radius 1 is 1.00 bits per heavy atom. The summed E-state index contributed by atoms with van der Waals surface area (Å²) in [6.07, 6.45) is 1.26. The Balaban J connectivity index is 1.82. The van der Waals surface area contributed by atoms with Gasteiger partial charge in [-0.05, 0) is 62.7 Å². The van der Waals surface area contributed by atoms with Gasteiger partial charge in [0.2, 0.25) is 5.88 Å². The molecule has 0 bridgehead atoms. The SMILES string of the molecule is CC1=NN(c2ccc(C)cc2)C(=O)C1=Cc1c(O)n(-c2ccc(Br)c(C)c2)c(=O)[nH]c1=O. The molecule has 32 heavy (non-hydrogen) atoms. The van der Waals surface area contributed by atoms with Gasteiger partial charge in [-0.25, -0.2) is 9.36 Å². The molecule has 0 fully saturated rings. The van der Waals surface area contributed by atoms with Crippen LogP contribution in [-0.4, -0.2) is 26.3 Å². The fourth-order valence-corrected chi connectivity index (χ4v) is 3.61. The number of aryl methyl sites for hydroxylation is 2. The highest BCUT2D eigenvalue weighted by Crippen LogP contribution is 2.27. The summed E-state index contributed by atoms with van der Waals surface area (Å²) in [7, 11) is 0. The Kier molecular flexibility index (Phi) is 5.43. The van der Waals surface area contributed by atoms with Crippen LogP contribution in [0.15, 0.2) is 67.2 Å². The van der Waals surface area contributed by atoms with E-state index in [1.165, 1.54) is 11.1 Å². The lowest BCUT2D eigenvalue weighted by Crippen LogP contribution is -2.30. The molecule has 1 aromatic heterocycles. The van der Waals surface area contributed by atoms with Crippen molar-refractivity contribution in [2.75, 3.05) is 5.01 Å². The summed E-state index contributed by atoms with van der Waals surface area (Å²) in [5.74, 6) is -1.01. The first-order valence-electron chi connectivity index (χ1n) is 9.70. The summed E-state index contributed by atoms with van der Waals surface area (Å²) in [5.41, 5.74) is 1.54.